The number of aryl methyl sites for hydroxylation is 1. The van der Waals surface area contributed by atoms with Crippen LogP contribution in [-0.2, 0) is 17.9 Å². The van der Waals surface area contributed by atoms with E-state index in [4.69, 9.17) is 4.74 Å². The number of nitro benzene ring substituents is 1. The van der Waals surface area contributed by atoms with Gasteiger partial charge in [-0.1, -0.05) is 30.3 Å². The van der Waals surface area contributed by atoms with Crippen molar-refractivity contribution >= 4 is 11.4 Å². The summed E-state index contributed by atoms with van der Waals surface area (Å²) >= 11 is 0. The zero-order chi connectivity index (χ0) is 15.2. The number of nitro groups is 1. The minimum atomic E-state index is -0.361. The van der Waals surface area contributed by atoms with Crippen LogP contribution in [0.2, 0.25) is 0 Å². The fourth-order valence-electron chi connectivity index (χ4n) is 2.12. The molecule has 0 saturated carbocycles. The molecule has 0 aliphatic heterocycles. The molecule has 0 aliphatic carbocycles. The summed E-state index contributed by atoms with van der Waals surface area (Å²) in [7, 11) is 1.66. The monoisotopic (exact) mass is 286 g/mol. The molecular formula is C16H18N2O3. The van der Waals surface area contributed by atoms with Crippen LogP contribution in [0.15, 0.2) is 42.5 Å². The highest BCUT2D eigenvalue weighted by atomic mass is 16.6. The standard InChI is InChI=1S/C16H18N2O3/c1-12-6-7-15(9-16(12)18(19)20)17-10-13-4-3-5-14(8-13)11-21-2/h3-9,17H,10-11H2,1-2H3. The molecular weight excluding hydrogens is 268 g/mol. The number of hydrogen-bond acceptors (Lipinski definition) is 4. The van der Waals surface area contributed by atoms with E-state index in [1.165, 1.54) is 0 Å². The lowest BCUT2D eigenvalue weighted by Gasteiger charge is -2.09. The first-order valence-corrected chi connectivity index (χ1v) is 6.66. The van der Waals surface area contributed by atoms with E-state index in [0.29, 0.717) is 18.7 Å². The molecule has 2 aromatic rings. The van der Waals surface area contributed by atoms with Crippen LogP contribution in [0, 0.1) is 17.0 Å². The Morgan fingerprint density at radius 3 is 2.67 bits per heavy atom. The molecule has 0 unspecified atom stereocenters. The molecule has 0 fully saturated rings. The minimum Gasteiger partial charge on any atom is -0.381 e. The number of anilines is 1. The molecule has 5 nitrogen and oxygen atoms in total. The molecule has 0 amide bonds. The minimum absolute atomic E-state index is 0.133. The van der Waals surface area contributed by atoms with Crippen molar-refractivity contribution < 1.29 is 9.66 Å². The fourth-order valence-corrected chi connectivity index (χ4v) is 2.12. The molecule has 0 spiro atoms. The maximum absolute atomic E-state index is 10.9. The lowest BCUT2D eigenvalue weighted by molar-refractivity contribution is -0.385. The fraction of sp³-hybridized carbons (Fsp3) is 0.250. The van der Waals surface area contributed by atoms with E-state index in [-0.39, 0.29) is 10.6 Å². The van der Waals surface area contributed by atoms with Crippen LogP contribution in [-0.4, -0.2) is 12.0 Å². The predicted octanol–water partition coefficient (Wildman–Crippen LogP) is 3.66. The van der Waals surface area contributed by atoms with Crippen LogP contribution in [0.5, 0.6) is 0 Å². The summed E-state index contributed by atoms with van der Waals surface area (Å²) in [5.74, 6) is 0. The second-order valence-corrected chi connectivity index (χ2v) is 4.86. The van der Waals surface area contributed by atoms with Gasteiger partial charge in [0.25, 0.3) is 5.69 Å². The molecule has 0 atom stereocenters. The lowest BCUT2D eigenvalue weighted by Crippen LogP contribution is -2.01. The molecule has 110 valence electrons. The molecule has 0 aromatic heterocycles. The van der Waals surface area contributed by atoms with Crippen molar-refractivity contribution in [2.45, 2.75) is 20.1 Å². The molecule has 0 aliphatic rings. The maximum Gasteiger partial charge on any atom is 0.274 e. The van der Waals surface area contributed by atoms with Gasteiger partial charge in [0, 0.05) is 31.0 Å². The van der Waals surface area contributed by atoms with Crippen LogP contribution in [0.25, 0.3) is 0 Å². The van der Waals surface area contributed by atoms with Crippen molar-refractivity contribution in [2.24, 2.45) is 0 Å². The molecule has 2 aromatic carbocycles. The first kappa shape index (κ1) is 15.0. The summed E-state index contributed by atoms with van der Waals surface area (Å²) in [6.45, 7) is 2.91. The van der Waals surface area contributed by atoms with E-state index >= 15 is 0 Å². The van der Waals surface area contributed by atoms with Crippen molar-refractivity contribution in [3.8, 4) is 0 Å². The summed E-state index contributed by atoms with van der Waals surface area (Å²) in [6, 6.07) is 13.2. The molecule has 0 heterocycles. The average Bonchev–Trinajstić information content (AvgIpc) is 2.47. The molecule has 0 radical (unpaired) electrons. The highest BCUT2D eigenvalue weighted by Crippen LogP contribution is 2.22. The Morgan fingerprint density at radius 2 is 1.95 bits per heavy atom. The number of methoxy groups -OCH3 is 1. The van der Waals surface area contributed by atoms with Gasteiger partial charge in [0.05, 0.1) is 11.5 Å². The maximum atomic E-state index is 10.9. The zero-order valence-electron chi connectivity index (χ0n) is 12.1. The average molecular weight is 286 g/mol. The van der Waals surface area contributed by atoms with Crippen LogP contribution in [0.1, 0.15) is 16.7 Å². The Morgan fingerprint density at radius 1 is 1.19 bits per heavy atom. The third-order valence-corrected chi connectivity index (χ3v) is 3.20. The van der Waals surface area contributed by atoms with Crippen molar-refractivity contribution in [3.05, 3.63) is 69.3 Å². The zero-order valence-corrected chi connectivity index (χ0v) is 12.1. The van der Waals surface area contributed by atoms with E-state index in [0.717, 1.165) is 16.8 Å². The van der Waals surface area contributed by atoms with Gasteiger partial charge in [0.15, 0.2) is 0 Å². The highest BCUT2D eigenvalue weighted by molar-refractivity contribution is 5.55. The summed E-state index contributed by atoms with van der Waals surface area (Å²) in [4.78, 5) is 10.6. The smallest absolute Gasteiger partial charge is 0.274 e. The second kappa shape index (κ2) is 6.85. The normalized spacial score (nSPS) is 10.4. The van der Waals surface area contributed by atoms with E-state index in [1.54, 1.807) is 26.2 Å². The SMILES string of the molecule is COCc1cccc(CNc2ccc(C)c([N+](=O)[O-])c2)c1. The van der Waals surface area contributed by atoms with E-state index in [1.807, 2.05) is 24.3 Å². The molecule has 1 N–H and O–H groups in total. The van der Waals surface area contributed by atoms with E-state index < -0.39 is 0 Å². The van der Waals surface area contributed by atoms with E-state index in [2.05, 4.69) is 11.4 Å². The van der Waals surface area contributed by atoms with Crippen LogP contribution >= 0.6 is 0 Å². The van der Waals surface area contributed by atoms with Crippen molar-refractivity contribution in [3.63, 3.8) is 0 Å². The first-order valence-electron chi connectivity index (χ1n) is 6.66. The second-order valence-electron chi connectivity index (χ2n) is 4.86. The van der Waals surface area contributed by atoms with Gasteiger partial charge in [-0.15, -0.1) is 0 Å². The Hall–Kier alpha value is -2.40. The van der Waals surface area contributed by atoms with Gasteiger partial charge >= 0.3 is 0 Å². The summed E-state index contributed by atoms with van der Waals surface area (Å²) < 4.78 is 5.11. The van der Waals surface area contributed by atoms with Gasteiger partial charge in [-0.25, -0.2) is 0 Å². The number of rotatable bonds is 6. The Labute approximate surface area is 123 Å². The summed E-state index contributed by atoms with van der Waals surface area (Å²) in [5, 5.41) is 14.1. The molecule has 0 bridgehead atoms. The van der Waals surface area contributed by atoms with Gasteiger partial charge < -0.3 is 10.1 Å². The number of benzene rings is 2. The largest absolute Gasteiger partial charge is 0.381 e. The van der Waals surface area contributed by atoms with Gasteiger partial charge in [-0.3, -0.25) is 10.1 Å². The van der Waals surface area contributed by atoms with E-state index in [9.17, 15) is 10.1 Å². The highest BCUT2D eigenvalue weighted by Gasteiger charge is 2.10. The summed E-state index contributed by atoms with van der Waals surface area (Å²) in [6.07, 6.45) is 0. The third kappa shape index (κ3) is 4.03. The van der Waals surface area contributed by atoms with Gasteiger partial charge in [-0.05, 0) is 24.1 Å². The molecule has 5 heteroatoms. The van der Waals surface area contributed by atoms with Gasteiger partial charge in [0.2, 0.25) is 0 Å². The number of ether oxygens (including phenoxy) is 1. The quantitative estimate of drug-likeness (QED) is 0.650. The molecule has 2 rings (SSSR count). The van der Waals surface area contributed by atoms with Crippen LogP contribution in [0.4, 0.5) is 11.4 Å². The van der Waals surface area contributed by atoms with Gasteiger partial charge in [0.1, 0.15) is 0 Å². The Kier molecular flexibility index (Phi) is 4.90. The number of hydrogen-bond donors (Lipinski definition) is 1. The Bertz CT molecular complexity index is 641. The Balaban J connectivity index is 2.07. The van der Waals surface area contributed by atoms with Crippen molar-refractivity contribution in [1.82, 2.24) is 0 Å². The van der Waals surface area contributed by atoms with Crippen molar-refractivity contribution in [1.29, 1.82) is 0 Å². The van der Waals surface area contributed by atoms with Crippen LogP contribution in [0.3, 0.4) is 0 Å². The molecule has 21 heavy (non-hydrogen) atoms. The lowest BCUT2D eigenvalue weighted by atomic mass is 10.1. The predicted molar refractivity (Wildman–Crippen MR) is 82.3 cm³/mol. The van der Waals surface area contributed by atoms with Gasteiger partial charge in [-0.2, -0.15) is 0 Å². The third-order valence-electron chi connectivity index (χ3n) is 3.20. The first-order chi connectivity index (χ1) is 10.1. The number of nitrogens with zero attached hydrogens (tertiary/aromatic N) is 1. The molecule has 0 saturated heterocycles. The van der Waals surface area contributed by atoms with Crippen LogP contribution < -0.4 is 5.32 Å². The number of nitrogens with one attached hydrogen (secondary N) is 1. The summed E-state index contributed by atoms with van der Waals surface area (Å²) in [5.41, 5.74) is 3.74. The van der Waals surface area contributed by atoms with Crippen molar-refractivity contribution in [2.75, 3.05) is 12.4 Å². The topological polar surface area (TPSA) is 64.4 Å².